The van der Waals surface area contributed by atoms with Gasteiger partial charge in [0, 0.05) is 57.5 Å². The number of aromatic nitrogens is 2. The highest BCUT2D eigenvalue weighted by molar-refractivity contribution is 5.90. The lowest BCUT2D eigenvalue weighted by Gasteiger charge is -2.38. The second-order valence-electron chi connectivity index (χ2n) is 16.4. The number of urea groups is 1. The smallest absolute Gasteiger partial charge is 0.408 e. The number of rotatable bonds is 6. The lowest BCUT2D eigenvalue weighted by atomic mass is 9.90. The third-order valence-corrected chi connectivity index (χ3v) is 9.39. The zero-order valence-electron chi connectivity index (χ0n) is 31.7. The fourth-order valence-corrected chi connectivity index (χ4v) is 6.85. The van der Waals surface area contributed by atoms with Crippen molar-refractivity contribution in [1.82, 2.24) is 34.9 Å². The van der Waals surface area contributed by atoms with E-state index >= 15 is 0 Å². The summed E-state index contributed by atoms with van der Waals surface area (Å²) >= 11 is 0. The van der Waals surface area contributed by atoms with Crippen LogP contribution in [-0.2, 0) is 27.4 Å². The second kappa shape index (κ2) is 15.1. The summed E-state index contributed by atoms with van der Waals surface area (Å²) in [5.74, 6) is -0.142. The Balaban J connectivity index is 1.10. The molecule has 0 radical (unpaired) electrons. The first kappa shape index (κ1) is 38.6. The van der Waals surface area contributed by atoms with Gasteiger partial charge in [-0.1, -0.05) is 6.07 Å². The van der Waals surface area contributed by atoms with E-state index < -0.39 is 34.6 Å². The number of carbonyl (C=O) groups excluding carboxylic acids is 4. The minimum absolute atomic E-state index is 0.115. The Kier molecular flexibility index (Phi) is 11.2. The second-order valence-corrected chi connectivity index (χ2v) is 16.4. The summed E-state index contributed by atoms with van der Waals surface area (Å²) < 4.78 is 12.2. The highest BCUT2D eigenvalue weighted by atomic mass is 16.6. The van der Waals surface area contributed by atoms with Crippen molar-refractivity contribution in [2.45, 2.75) is 123 Å². The number of nitrogens with zero attached hydrogens (tertiary/aromatic N) is 5. The molecule has 0 unspecified atom stereocenters. The predicted octanol–water partition coefficient (Wildman–Crippen LogP) is 4.36. The fourth-order valence-electron chi connectivity index (χ4n) is 6.85. The normalized spacial score (nSPS) is 19.8. The Labute approximate surface area is 305 Å². The van der Waals surface area contributed by atoms with Gasteiger partial charge in [0.25, 0.3) is 0 Å². The van der Waals surface area contributed by atoms with Crippen LogP contribution in [0, 0.1) is 0 Å². The van der Waals surface area contributed by atoms with E-state index in [0.29, 0.717) is 11.7 Å². The summed E-state index contributed by atoms with van der Waals surface area (Å²) in [5.41, 5.74) is 0.170. The van der Waals surface area contributed by atoms with Gasteiger partial charge in [-0.25, -0.2) is 19.2 Å². The molecule has 15 nitrogen and oxygen atoms in total. The lowest BCUT2D eigenvalue weighted by molar-refractivity contribution is -0.138. The Morgan fingerprint density at radius 2 is 1.37 bits per heavy atom. The Morgan fingerprint density at radius 1 is 0.769 bits per heavy atom. The third kappa shape index (κ3) is 10.0. The molecule has 1 saturated heterocycles. The van der Waals surface area contributed by atoms with E-state index in [-0.39, 0.29) is 50.0 Å². The topological polar surface area (TPSA) is 167 Å². The molecule has 52 heavy (non-hydrogen) atoms. The van der Waals surface area contributed by atoms with E-state index in [2.05, 4.69) is 31.9 Å². The Bertz CT molecular complexity index is 1710. The molecule has 3 N–H and O–H groups in total. The van der Waals surface area contributed by atoms with E-state index in [4.69, 9.17) is 9.47 Å². The van der Waals surface area contributed by atoms with Crippen LogP contribution in [-0.4, -0.2) is 103 Å². The van der Waals surface area contributed by atoms with Crippen molar-refractivity contribution in [1.29, 1.82) is 0 Å². The summed E-state index contributed by atoms with van der Waals surface area (Å²) in [7, 11) is 0. The van der Waals surface area contributed by atoms with E-state index in [1.54, 1.807) is 56.7 Å². The van der Waals surface area contributed by atoms with E-state index in [1.165, 1.54) is 10.1 Å². The molecule has 5 amide bonds. The minimum atomic E-state index is -1.19. The first-order valence-corrected chi connectivity index (χ1v) is 18.1. The molecule has 0 bridgehead atoms. The van der Waals surface area contributed by atoms with Crippen LogP contribution in [0.4, 0.5) is 20.2 Å². The Hall–Kier alpha value is -4.66. The van der Waals surface area contributed by atoms with Crippen LogP contribution >= 0.6 is 0 Å². The van der Waals surface area contributed by atoms with Crippen LogP contribution in [0.2, 0.25) is 0 Å². The van der Waals surface area contributed by atoms with Crippen LogP contribution in [0.3, 0.4) is 0 Å². The zero-order valence-corrected chi connectivity index (χ0v) is 31.7. The number of nitrogens with one attached hydrogen (secondary N) is 3. The van der Waals surface area contributed by atoms with Crippen LogP contribution in [0.1, 0.15) is 92.2 Å². The number of carbonyl (C=O) groups is 4. The van der Waals surface area contributed by atoms with E-state index in [0.717, 1.165) is 44.3 Å². The maximum absolute atomic E-state index is 13.2. The van der Waals surface area contributed by atoms with E-state index in [1.807, 2.05) is 32.9 Å². The van der Waals surface area contributed by atoms with Crippen LogP contribution in [0.15, 0.2) is 35.3 Å². The number of ether oxygens (including phenoxy) is 2. The maximum atomic E-state index is 13.2. The van der Waals surface area contributed by atoms with Gasteiger partial charge in [0.15, 0.2) is 0 Å². The van der Waals surface area contributed by atoms with Crippen molar-refractivity contribution < 1.29 is 28.7 Å². The van der Waals surface area contributed by atoms with Gasteiger partial charge in [-0.2, -0.15) is 4.98 Å². The first-order chi connectivity index (χ1) is 24.3. The Morgan fingerprint density at radius 3 is 1.98 bits per heavy atom. The van der Waals surface area contributed by atoms with Crippen molar-refractivity contribution in [3.8, 4) is 5.69 Å². The zero-order chi connectivity index (χ0) is 38.0. The molecule has 1 aliphatic carbocycles. The molecular weight excluding hydrogens is 668 g/mol. The highest BCUT2D eigenvalue weighted by Crippen LogP contribution is 2.32. The molecule has 1 aromatic carbocycles. The summed E-state index contributed by atoms with van der Waals surface area (Å²) in [6.07, 6.45) is 4.33. The molecule has 1 aromatic heterocycles. The van der Waals surface area contributed by atoms with Crippen molar-refractivity contribution in [3.63, 3.8) is 0 Å². The molecule has 2 fully saturated rings. The number of anilines is 1. The van der Waals surface area contributed by atoms with Gasteiger partial charge in [-0.15, -0.1) is 0 Å². The molecule has 15 heteroatoms. The monoisotopic (exact) mass is 722 g/mol. The molecule has 2 aliphatic heterocycles. The molecular formula is C37H54N8O7. The molecule has 1 saturated carbocycles. The number of fused-ring (bicyclic) bond motifs is 1. The standard InChI is InChI=1S/C37H54N8O7/c1-35(2,3)51-33(49)38-26-10-13-27(14-11-26)44-22-24-9-12-28(21-25(24)23-44)45-16-15-29(40-32(45)48)39-31(47)43-19-17-42(18-20-43)30(46)37(7,8)41-34(50)52-36(4,5)6/h9,12,15-16,21,26-27H,10-11,13-14,17-20,22-23H2,1-8H3,(H,38,49)(H,41,50)(H,39,40,47,48). The number of amides is 5. The van der Waals surface area contributed by atoms with Gasteiger partial charge < -0.3 is 29.9 Å². The number of piperazine rings is 1. The largest absolute Gasteiger partial charge is 0.444 e. The minimum Gasteiger partial charge on any atom is -0.444 e. The average Bonchev–Trinajstić information content (AvgIpc) is 3.46. The number of hydrogen-bond acceptors (Lipinski definition) is 9. The summed E-state index contributed by atoms with van der Waals surface area (Å²) in [6.45, 7) is 16.8. The SMILES string of the molecule is CC(C)(C)OC(=O)NC1CCC(N2Cc3ccc(-n4ccc(NC(=O)N5CCN(C(=O)C(C)(C)NC(=O)OC(C)(C)C)CC5)nc4=O)cc3C2)CC1. The summed E-state index contributed by atoms with van der Waals surface area (Å²) in [6, 6.07) is 7.69. The highest BCUT2D eigenvalue weighted by Gasteiger charge is 2.37. The molecule has 3 heterocycles. The average molecular weight is 723 g/mol. The maximum Gasteiger partial charge on any atom is 0.408 e. The van der Waals surface area contributed by atoms with Crippen molar-refractivity contribution >= 4 is 29.9 Å². The molecule has 0 atom stereocenters. The van der Waals surface area contributed by atoms with Gasteiger partial charge in [0.2, 0.25) is 5.91 Å². The molecule has 5 rings (SSSR count). The summed E-state index contributed by atoms with van der Waals surface area (Å²) in [5, 5.41) is 8.36. The van der Waals surface area contributed by atoms with Crippen LogP contribution in [0.25, 0.3) is 5.69 Å². The van der Waals surface area contributed by atoms with Gasteiger partial charge in [0.1, 0.15) is 22.6 Å². The first-order valence-electron chi connectivity index (χ1n) is 18.1. The van der Waals surface area contributed by atoms with Crippen molar-refractivity contribution in [2.24, 2.45) is 0 Å². The van der Waals surface area contributed by atoms with E-state index in [9.17, 15) is 24.0 Å². The number of benzene rings is 1. The molecule has 2 aromatic rings. The molecule has 3 aliphatic rings. The fraction of sp³-hybridized carbons (Fsp3) is 0.622. The van der Waals surface area contributed by atoms with Crippen molar-refractivity contribution in [3.05, 3.63) is 52.1 Å². The predicted molar refractivity (Wildman–Crippen MR) is 195 cm³/mol. The molecule has 284 valence electrons. The quantitative estimate of drug-likeness (QED) is 0.393. The number of alkyl carbamates (subject to hydrolysis) is 2. The molecule has 0 spiro atoms. The third-order valence-electron chi connectivity index (χ3n) is 9.39. The van der Waals surface area contributed by atoms with Gasteiger partial charge in [-0.05, 0) is 110 Å². The van der Waals surface area contributed by atoms with Crippen LogP contribution in [0.5, 0.6) is 0 Å². The summed E-state index contributed by atoms with van der Waals surface area (Å²) in [4.78, 5) is 73.6. The van der Waals surface area contributed by atoms with Gasteiger partial charge in [-0.3, -0.25) is 19.6 Å². The van der Waals surface area contributed by atoms with Gasteiger partial charge in [0.05, 0.1) is 5.69 Å². The van der Waals surface area contributed by atoms with Gasteiger partial charge >= 0.3 is 23.9 Å². The lowest BCUT2D eigenvalue weighted by Crippen LogP contribution is -2.60. The van der Waals surface area contributed by atoms with Crippen molar-refractivity contribution in [2.75, 3.05) is 31.5 Å². The number of hydrogen-bond donors (Lipinski definition) is 3. The van der Waals surface area contributed by atoms with Crippen LogP contribution < -0.4 is 21.6 Å².